The third-order valence-electron chi connectivity index (χ3n) is 0. The maximum absolute atomic E-state index is 2.00. The van der Waals surface area contributed by atoms with Crippen molar-refractivity contribution in [1.29, 1.82) is 0 Å². The van der Waals surface area contributed by atoms with Crippen LogP contribution in [0.4, 0.5) is 0 Å². The van der Waals surface area contributed by atoms with Crippen LogP contribution >= 0.6 is 0 Å². The molecule has 0 aromatic heterocycles. The fourth-order valence-corrected chi connectivity index (χ4v) is 0. The van der Waals surface area contributed by atoms with Crippen molar-refractivity contribution in [3.8, 4) is 0 Å². The predicted octanol–water partition coefficient (Wildman–Crippen LogP) is -0.924. The molecule has 0 saturated carbocycles. The molecule has 0 aliphatic rings. The second-order valence-electron chi connectivity index (χ2n) is 0. The van der Waals surface area contributed by atoms with Gasteiger partial charge in [0, 0.05) is 35.9 Å². The summed E-state index contributed by atoms with van der Waals surface area (Å²) < 4.78 is 0. The number of rotatable bonds is 0. The van der Waals surface area contributed by atoms with E-state index in [0.29, 0.717) is 0 Å². The van der Waals surface area contributed by atoms with E-state index in [1.165, 1.54) is 0 Å². The van der Waals surface area contributed by atoms with Crippen LogP contribution in [0.3, 0.4) is 0 Å². The van der Waals surface area contributed by atoms with E-state index in [-0.39, 0.29) is 35.9 Å². The van der Waals surface area contributed by atoms with E-state index in [0.717, 1.165) is 0 Å². The molecule has 0 heterocycles. The van der Waals surface area contributed by atoms with Crippen molar-refractivity contribution in [1.82, 2.24) is 0 Å². The van der Waals surface area contributed by atoms with Crippen molar-refractivity contribution < 1.29 is 56.1 Å². The molecule has 0 atom stereocenters. The minimum absolute atomic E-state index is 0. The quantitative estimate of drug-likeness (QED) is 0.405. The van der Waals surface area contributed by atoms with Gasteiger partial charge in [-0.05, 0) is 0 Å². The summed E-state index contributed by atoms with van der Waals surface area (Å²) in [6.07, 6.45) is 0. The molecule has 4 heteroatoms. The van der Waals surface area contributed by atoms with Gasteiger partial charge in [0.05, 0.1) is 0 Å². The molecule has 20 valence electrons. The van der Waals surface area contributed by atoms with E-state index in [1.54, 1.807) is 0 Å². The van der Waals surface area contributed by atoms with Crippen molar-refractivity contribution in [2.75, 3.05) is 0 Å². The van der Waals surface area contributed by atoms with Gasteiger partial charge in [-0.3, -0.25) is 0 Å². The van der Waals surface area contributed by atoms with Crippen LogP contribution in [-0.2, 0) is 56.1 Å². The molecule has 0 aromatic carbocycles. The van der Waals surface area contributed by atoms with E-state index < -0.39 is 0 Å². The van der Waals surface area contributed by atoms with Crippen LogP contribution in [0, 0.1) is 0 Å². The molecule has 0 aliphatic heterocycles. The van der Waals surface area contributed by atoms with Gasteiger partial charge in [-0.1, -0.05) is 0 Å². The average molecular weight is 164 g/mol. The Bertz CT molecular complexity index is 8.00. The van der Waals surface area contributed by atoms with Gasteiger partial charge in [0.25, 0.3) is 0 Å². The first-order valence-corrected chi connectivity index (χ1v) is 2.06. The molecule has 0 saturated heterocycles. The van der Waals surface area contributed by atoms with E-state index in [9.17, 15) is 0 Å². The zero-order valence-electron chi connectivity index (χ0n) is 2.36. The summed E-state index contributed by atoms with van der Waals surface area (Å²) in [4.78, 5) is 0. The topological polar surface area (TPSA) is 0 Å². The zero-order valence-corrected chi connectivity index (χ0v) is 6.59. The van der Waals surface area contributed by atoms with E-state index in [2.05, 4.69) is 0 Å². The van der Waals surface area contributed by atoms with Crippen LogP contribution < -0.4 is 0 Å². The van der Waals surface area contributed by atoms with Crippen molar-refractivity contribution in [2.45, 2.75) is 0 Å². The Kier molecular flexibility index (Phi) is 87.1. The van der Waals surface area contributed by atoms with Gasteiger partial charge < -0.3 is 0 Å². The van der Waals surface area contributed by atoms with Crippen LogP contribution in [0.2, 0.25) is 0 Å². The van der Waals surface area contributed by atoms with Gasteiger partial charge in [0.15, 0.2) is 0 Å². The smallest absolute Gasteiger partial charge is 0 e. The Morgan fingerprint density at radius 3 is 1.25 bits per heavy atom. The molecular weight excluding hydrogens is 162 g/mol. The Balaban J connectivity index is -0.00000000500. The maximum Gasteiger partial charge on any atom is 0 e. The summed E-state index contributed by atoms with van der Waals surface area (Å²) in [5, 5.41) is 0. The second-order valence-corrected chi connectivity index (χ2v) is 0. The molecule has 0 spiro atoms. The van der Waals surface area contributed by atoms with Crippen LogP contribution in [-0.4, -0.2) is 6.02 Å². The molecule has 4 heavy (non-hydrogen) atoms. The molecule has 0 aromatic rings. The van der Waals surface area contributed by atoms with E-state index in [4.69, 9.17) is 0 Å². The fraction of sp³-hybridized carbons (Fsp3) is 0. The molecule has 0 bridgehead atoms. The third-order valence-corrected chi connectivity index (χ3v) is 0. The molecule has 0 amide bonds. The molecule has 1 radical (unpaired) electrons. The molecule has 0 unspecified atom stereocenters. The second kappa shape index (κ2) is 20.7. The average Bonchev–Trinajstić information content (AvgIpc) is 1.00. The van der Waals surface area contributed by atoms with Gasteiger partial charge >= 0.3 is 26.3 Å². The summed E-state index contributed by atoms with van der Waals surface area (Å²) >= 11 is 2.00. The minimum atomic E-state index is 0. The first-order chi connectivity index (χ1) is 1.00. The first-order valence-electron chi connectivity index (χ1n) is 0.500. The summed E-state index contributed by atoms with van der Waals surface area (Å²) in [6.45, 7) is 0. The predicted molar refractivity (Wildman–Crippen MR) is 8.54 cm³/mol. The van der Waals surface area contributed by atoms with Crippen LogP contribution in [0.25, 0.3) is 0 Å². The Labute approximate surface area is 61.7 Å². The monoisotopic (exact) mass is 164 g/mol. The molecule has 0 N–H and O–H groups in total. The Morgan fingerprint density at radius 1 is 1.25 bits per heavy atom. The third kappa shape index (κ3) is 9.09. The van der Waals surface area contributed by atoms with Gasteiger partial charge in [-0.2, -0.15) is 0 Å². The van der Waals surface area contributed by atoms with E-state index >= 15 is 0 Å². The van der Waals surface area contributed by atoms with Gasteiger partial charge in [0.2, 0.25) is 0 Å². The standard InChI is InChI=1S/BH2.Cr.Ti.V/h1H2;;;/q+1;;-1;. The minimum Gasteiger partial charge on any atom is 0 e. The van der Waals surface area contributed by atoms with E-state index in [1.807, 2.05) is 26.3 Å². The van der Waals surface area contributed by atoms with Crippen molar-refractivity contribution in [3.05, 3.63) is 0 Å². The van der Waals surface area contributed by atoms with Crippen LogP contribution in [0.15, 0.2) is 0 Å². The summed E-state index contributed by atoms with van der Waals surface area (Å²) in [5.74, 6) is 0. The molecular formula is H2BCrTiV. The summed E-state index contributed by atoms with van der Waals surface area (Å²) in [7, 11) is 0. The Morgan fingerprint density at radius 2 is 1.25 bits per heavy atom. The Hall–Kier alpha value is 1.90. The molecule has 0 rings (SSSR count). The van der Waals surface area contributed by atoms with Crippen LogP contribution in [0.1, 0.15) is 0 Å². The van der Waals surface area contributed by atoms with Gasteiger partial charge in [-0.25, -0.2) is 0 Å². The fourth-order valence-electron chi connectivity index (χ4n) is 0. The zero-order chi connectivity index (χ0) is 2.00. The van der Waals surface area contributed by atoms with Crippen molar-refractivity contribution in [2.24, 2.45) is 0 Å². The van der Waals surface area contributed by atoms with Crippen molar-refractivity contribution in [3.63, 3.8) is 0 Å². The first kappa shape index (κ1) is 16.9. The number of hydrogen-bond donors (Lipinski definition) is 0. The van der Waals surface area contributed by atoms with Crippen LogP contribution in [0.5, 0.6) is 0 Å². The largest absolute Gasteiger partial charge is 0 e. The SMILES string of the molecule is [BH2][Ti].[Cr].[V]. The van der Waals surface area contributed by atoms with Gasteiger partial charge in [0.1, 0.15) is 0 Å². The summed E-state index contributed by atoms with van der Waals surface area (Å²) in [5.41, 5.74) is 0. The molecule has 0 fully saturated rings. The number of hydrogen-bond acceptors (Lipinski definition) is 0. The van der Waals surface area contributed by atoms with Crippen molar-refractivity contribution >= 4 is 6.02 Å². The summed E-state index contributed by atoms with van der Waals surface area (Å²) in [6, 6.07) is 2.00. The normalized spacial score (nSPS) is 0.750. The van der Waals surface area contributed by atoms with Gasteiger partial charge in [-0.15, -0.1) is 0 Å². The molecule has 0 nitrogen and oxygen atoms in total. The molecule has 0 aliphatic carbocycles. The maximum atomic E-state index is 2.00.